The minimum absolute atomic E-state index is 0.130. The Hall–Kier alpha value is -0.630. The van der Waals surface area contributed by atoms with Crippen molar-refractivity contribution in [1.82, 2.24) is 0 Å². The quantitative estimate of drug-likeness (QED) is 0.512. The molecule has 2 heterocycles. The Balaban J connectivity index is 2.36. The summed E-state index contributed by atoms with van der Waals surface area (Å²) in [6.45, 7) is 7.93. The summed E-state index contributed by atoms with van der Waals surface area (Å²) in [5.41, 5.74) is 0.607. The molecule has 1 saturated carbocycles. The van der Waals surface area contributed by atoms with Gasteiger partial charge in [-0.15, -0.1) is 0 Å². The maximum absolute atomic E-state index is 11.4. The van der Waals surface area contributed by atoms with Crippen LogP contribution in [0.3, 0.4) is 0 Å². The van der Waals surface area contributed by atoms with Crippen molar-refractivity contribution in [2.45, 2.75) is 38.4 Å². The van der Waals surface area contributed by atoms with Crippen molar-refractivity contribution < 1.29 is 9.53 Å². The highest BCUT2D eigenvalue weighted by molar-refractivity contribution is 6.00. The molecule has 0 N–H and O–H groups in total. The van der Waals surface area contributed by atoms with Crippen LogP contribution < -0.4 is 0 Å². The average Bonchev–Trinajstić information content (AvgIpc) is 1.97. The number of hydrogen-bond donors (Lipinski definition) is 0. The smallest absolute Gasteiger partial charge is 0.187 e. The number of carbonyl (C=O) groups is 1. The standard InChI is InChI=1S/C10H14O2/c1-6-7-4-5-8(9(6)11)12-10(7,2)3/h7-8H,1,4-5H2,2-3H3. The van der Waals surface area contributed by atoms with E-state index in [4.69, 9.17) is 4.74 Å². The third kappa shape index (κ3) is 0.876. The third-order valence-electron chi connectivity index (χ3n) is 3.03. The van der Waals surface area contributed by atoms with E-state index in [9.17, 15) is 4.79 Å². The Morgan fingerprint density at radius 2 is 2.17 bits per heavy atom. The molecule has 0 aromatic rings. The van der Waals surface area contributed by atoms with Crippen molar-refractivity contribution in [1.29, 1.82) is 0 Å². The van der Waals surface area contributed by atoms with Crippen LogP contribution in [0.1, 0.15) is 26.7 Å². The molecule has 1 aliphatic carbocycles. The van der Waals surface area contributed by atoms with Gasteiger partial charge in [0, 0.05) is 5.92 Å². The Labute approximate surface area is 72.6 Å². The van der Waals surface area contributed by atoms with E-state index in [0.717, 1.165) is 18.4 Å². The summed E-state index contributed by atoms with van der Waals surface area (Å²) < 4.78 is 5.64. The SMILES string of the molecule is C=C1C(=O)C2CCC1C(C)(C)O2. The lowest BCUT2D eigenvalue weighted by molar-refractivity contribution is -0.172. The van der Waals surface area contributed by atoms with Gasteiger partial charge in [0.05, 0.1) is 5.60 Å². The van der Waals surface area contributed by atoms with Crippen LogP contribution in [0.5, 0.6) is 0 Å². The molecule has 3 fully saturated rings. The minimum Gasteiger partial charge on any atom is -0.364 e. The van der Waals surface area contributed by atoms with Crippen LogP contribution in [0.4, 0.5) is 0 Å². The van der Waals surface area contributed by atoms with Gasteiger partial charge >= 0.3 is 0 Å². The summed E-state index contributed by atoms with van der Waals surface area (Å²) in [6.07, 6.45) is 1.74. The normalized spacial score (nSPS) is 38.8. The molecule has 12 heavy (non-hydrogen) atoms. The van der Waals surface area contributed by atoms with E-state index in [1.165, 1.54) is 0 Å². The van der Waals surface area contributed by atoms with Gasteiger partial charge in [0.2, 0.25) is 0 Å². The van der Waals surface area contributed by atoms with Crippen molar-refractivity contribution in [3.63, 3.8) is 0 Å². The van der Waals surface area contributed by atoms with Gasteiger partial charge in [0.15, 0.2) is 5.78 Å². The molecule has 2 unspecified atom stereocenters. The Morgan fingerprint density at radius 3 is 2.58 bits per heavy atom. The van der Waals surface area contributed by atoms with Gasteiger partial charge in [-0.25, -0.2) is 0 Å². The minimum atomic E-state index is -0.197. The summed E-state index contributed by atoms with van der Waals surface area (Å²) in [7, 11) is 0. The van der Waals surface area contributed by atoms with Crippen LogP contribution in [0.2, 0.25) is 0 Å². The van der Waals surface area contributed by atoms with E-state index in [0.29, 0.717) is 0 Å². The molecule has 0 radical (unpaired) electrons. The summed E-state index contributed by atoms with van der Waals surface area (Å²) >= 11 is 0. The zero-order valence-electron chi connectivity index (χ0n) is 7.59. The van der Waals surface area contributed by atoms with Crippen molar-refractivity contribution in [3.8, 4) is 0 Å². The van der Waals surface area contributed by atoms with E-state index < -0.39 is 0 Å². The fourth-order valence-corrected chi connectivity index (χ4v) is 2.33. The van der Waals surface area contributed by atoms with Crippen LogP contribution in [-0.2, 0) is 9.53 Å². The molecule has 2 bridgehead atoms. The fraction of sp³-hybridized carbons (Fsp3) is 0.700. The highest BCUT2D eigenvalue weighted by atomic mass is 16.5. The first-order valence-corrected chi connectivity index (χ1v) is 4.43. The second kappa shape index (κ2) is 2.19. The van der Waals surface area contributed by atoms with E-state index in [2.05, 4.69) is 6.58 Å². The van der Waals surface area contributed by atoms with Crippen LogP contribution in [0.15, 0.2) is 12.2 Å². The zero-order chi connectivity index (χ0) is 8.93. The molecule has 2 heteroatoms. The summed E-state index contributed by atoms with van der Waals surface area (Å²) in [6, 6.07) is 0. The first-order chi connectivity index (χ1) is 5.52. The Morgan fingerprint density at radius 1 is 1.50 bits per heavy atom. The fourth-order valence-electron chi connectivity index (χ4n) is 2.33. The highest BCUT2D eigenvalue weighted by Gasteiger charge is 2.48. The number of ketones is 1. The van der Waals surface area contributed by atoms with Gasteiger partial charge in [-0.3, -0.25) is 4.79 Å². The number of Topliss-reactive ketones (excluding diaryl/α,β-unsaturated/α-hetero) is 1. The van der Waals surface area contributed by atoms with Crippen molar-refractivity contribution in [2.75, 3.05) is 0 Å². The predicted molar refractivity (Wildman–Crippen MR) is 45.8 cm³/mol. The van der Waals surface area contributed by atoms with Gasteiger partial charge in [-0.1, -0.05) is 6.58 Å². The zero-order valence-corrected chi connectivity index (χ0v) is 7.59. The number of ether oxygens (including phenoxy) is 1. The van der Waals surface area contributed by atoms with Crippen LogP contribution in [0, 0.1) is 5.92 Å². The molecule has 3 rings (SSSR count). The molecule has 0 aromatic heterocycles. The lowest BCUT2D eigenvalue weighted by Gasteiger charge is -2.48. The average molecular weight is 166 g/mol. The van der Waals surface area contributed by atoms with E-state index in [1.54, 1.807) is 0 Å². The molecule has 3 aliphatic rings. The van der Waals surface area contributed by atoms with E-state index >= 15 is 0 Å². The molecular formula is C10H14O2. The molecule has 0 amide bonds. The lowest BCUT2D eigenvalue weighted by atomic mass is 9.70. The molecular weight excluding hydrogens is 152 g/mol. The molecule has 2 atom stereocenters. The topological polar surface area (TPSA) is 26.3 Å². The largest absolute Gasteiger partial charge is 0.364 e. The van der Waals surface area contributed by atoms with Gasteiger partial charge in [-0.05, 0) is 32.3 Å². The molecule has 66 valence electrons. The molecule has 2 nitrogen and oxygen atoms in total. The molecule has 2 saturated heterocycles. The van der Waals surface area contributed by atoms with Gasteiger partial charge in [0.25, 0.3) is 0 Å². The molecule has 0 aromatic carbocycles. The third-order valence-corrected chi connectivity index (χ3v) is 3.03. The first-order valence-electron chi connectivity index (χ1n) is 4.43. The molecule has 0 spiro atoms. The van der Waals surface area contributed by atoms with Crippen molar-refractivity contribution in [3.05, 3.63) is 12.2 Å². The Kier molecular flexibility index (Phi) is 1.46. The van der Waals surface area contributed by atoms with Crippen LogP contribution in [-0.4, -0.2) is 17.5 Å². The maximum Gasteiger partial charge on any atom is 0.187 e. The van der Waals surface area contributed by atoms with Crippen molar-refractivity contribution >= 4 is 5.78 Å². The monoisotopic (exact) mass is 166 g/mol. The summed E-state index contributed by atoms with van der Waals surface area (Å²) in [4.78, 5) is 11.4. The second-order valence-corrected chi connectivity index (χ2v) is 4.23. The second-order valence-electron chi connectivity index (χ2n) is 4.23. The first kappa shape index (κ1) is 7.99. The summed E-state index contributed by atoms with van der Waals surface area (Å²) in [5.74, 6) is 0.376. The van der Waals surface area contributed by atoms with Crippen LogP contribution >= 0.6 is 0 Å². The highest BCUT2D eigenvalue weighted by Crippen LogP contribution is 2.44. The van der Waals surface area contributed by atoms with Crippen molar-refractivity contribution in [2.24, 2.45) is 5.92 Å². The lowest BCUT2D eigenvalue weighted by Crippen LogP contribution is -2.53. The van der Waals surface area contributed by atoms with Gasteiger partial charge < -0.3 is 4.74 Å². The molecule has 2 aliphatic heterocycles. The number of fused-ring (bicyclic) bond motifs is 3. The van der Waals surface area contributed by atoms with Gasteiger partial charge in [0.1, 0.15) is 6.10 Å². The number of carbonyl (C=O) groups excluding carboxylic acids is 1. The van der Waals surface area contributed by atoms with Gasteiger partial charge in [-0.2, -0.15) is 0 Å². The predicted octanol–water partition coefficient (Wildman–Crippen LogP) is 1.70. The van der Waals surface area contributed by atoms with E-state index in [-0.39, 0.29) is 23.4 Å². The van der Waals surface area contributed by atoms with E-state index in [1.807, 2.05) is 13.8 Å². The maximum atomic E-state index is 11.4. The number of rotatable bonds is 0. The summed E-state index contributed by atoms with van der Waals surface area (Å²) in [5, 5.41) is 0. The Bertz CT molecular complexity index is 253. The van der Waals surface area contributed by atoms with Crippen LogP contribution in [0.25, 0.3) is 0 Å². The number of hydrogen-bond acceptors (Lipinski definition) is 2.